The average molecular weight is 266 g/mol. The van der Waals surface area contributed by atoms with E-state index < -0.39 is 11.9 Å². The second kappa shape index (κ2) is 5.29. The van der Waals surface area contributed by atoms with Crippen molar-refractivity contribution in [2.45, 2.75) is 13.5 Å². The van der Waals surface area contributed by atoms with Gasteiger partial charge in [-0.3, -0.25) is 9.48 Å². The van der Waals surface area contributed by atoms with Gasteiger partial charge in [-0.2, -0.15) is 5.10 Å². The number of aryl methyl sites for hydroxylation is 1. The lowest BCUT2D eigenvalue weighted by atomic mass is 9.99. The number of rotatable bonds is 3. The zero-order chi connectivity index (χ0) is 14.0. The van der Waals surface area contributed by atoms with Gasteiger partial charge in [-0.15, -0.1) is 0 Å². The zero-order valence-electron chi connectivity index (χ0n) is 11.0. The summed E-state index contributed by atoms with van der Waals surface area (Å²) in [7, 11) is 1.81. The van der Waals surface area contributed by atoms with Crippen molar-refractivity contribution in [2.24, 2.45) is 18.9 Å². The molecule has 0 radical (unpaired) electrons. The van der Waals surface area contributed by atoms with E-state index in [0.717, 1.165) is 5.56 Å². The molecule has 0 aromatic carbocycles. The van der Waals surface area contributed by atoms with Crippen LogP contribution in [0.1, 0.15) is 12.5 Å². The number of carboxylic acids is 1. The minimum Gasteiger partial charge on any atom is -0.481 e. The van der Waals surface area contributed by atoms with Crippen LogP contribution in [0.4, 0.5) is 4.79 Å². The predicted octanol–water partition coefficient (Wildman–Crippen LogP) is 0.282. The number of carboxylic acid groups (broad SMARTS) is 1. The number of aromatic nitrogens is 2. The van der Waals surface area contributed by atoms with Crippen molar-refractivity contribution in [2.75, 3.05) is 13.1 Å². The standard InChI is InChI=1S/C12H18N4O3/c1-8-5-16(7-10(8)11(17)18)12(19)13-3-9-4-14-15(2)6-9/h4,6,8,10H,3,5,7H2,1-2H3,(H,13,19)(H,17,18). The van der Waals surface area contributed by atoms with Gasteiger partial charge in [-0.1, -0.05) is 6.92 Å². The number of amides is 2. The van der Waals surface area contributed by atoms with Crippen molar-refractivity contribution in [1.29, 1.82) is 0 Å². The molecule has 7 heteroatoms. The molecule has 0 bridgehead atoms. The Morgan fingerprint density at radius 1 is 1.53 bits per heavy atom. The number of nitrogens with zero attached hydrogens (tertiary/aromatic N) is 3. The Morgan fingerprint density at radius 3 is 2.79 bits per heavy atom. The maximum atomic E-state index is 11.9. The van der Waals surface area contributed by atoms with Gasteiger partial charge in [0.2, 0.25) is 0 Å². The SMILES string of the molecule is CC1CN(C(=O)NCc2cnn(C)c2)CC1C(=O)O. The topological polar surface area (TPSA) is 87.5 Å². The third kappa shape index (κ3) is 3.04. The highest BCUT2D eigenvalue weighted by atomic mass is 16.4. The quantitative estimate of drug-likeness (QED) is 0.822. The lowest BCUT2D eigenvalue weighted by molar-refractivity contribution is -0.142. The first-order valence-corrected chi connectivity index (χ1v) is 6.20. The van der Waals surface area contributed by atoms with E-state index >= 15 is 0 Å². The van der Waals surface area contributed by atoms with Gasteiger partial charge in [0.25, 0.3) is 0 Å². The van der Waals surface area contributed by atoms with Crippen LogP contribution in [-0.4, -0.2) is 44.9 Å². The third-order valence-electron chi connectivity index (χ3n) is 3.42. The molecule has 1 aliphatic heterocycles. The van der Waals surface area contributed by atoms with Gasteiger partial charge in [-0.05, 0) is 5.92 Å². The number of carbonyl (C=O) groups excluding carboxylic acids is 1. The fourth-order valence-corrected chi connectivity index (χ4v) is 2.31. The van der Waals surface area contributed by atoms with E-state index in [0.29, 0.717) is 13.1 Å². The Labute approximate surface area is 111 Å². The van der Waals surface area contributed by atoms with Crippen molar-refractivity contribution < 1.29 is 14.7 Å². The third-order valence-corrected chi connectivity index (χ3v) is 3.42. The first kappa shape index (κ1) is 13.4. The van der Waals surface area contributed by atoms with E-state index in [1.807, 2.05) is 20.2 Å². The molecular weight excluding hydrogens is 248 g/mol. The van der Waals surface area contributed by atoms with E-state index in [9.17, 15) is 9.59 Å². The molecule has 2 atom stereocenters. The molecule has 1 fully saturated rings. The summed E-state index contributed by atoms with van der Waals surface area (Å²) in [6.07, 6.45) is 3.51. The van der Waals surface area contributed by atoms with Gasteiger partial charge in [-0.25, -0.2) is 4.79 Å². The molecule has 19 heavy (non-hydrogen) atoms. The largest absolute Gasteiger partial charge is 0.481 e. The van der Waals surface area contributed by atoms with E-state index in [-0.39, 0.29) is 18.5 Å². The fourth-order valence-electron chi connectivity index (χ4n) is 2.31. The molecule has 0 spiro atoms. The molecule has 1 saturated heterocycles. The van der Waals surface area contributed by atoms with Gasteiger partial charge >= 0.3 is 12.0 Å². The maximum Gasteiger partial charge on any atom is 0.317 e. The van der Waals surface area contributed by atoms with Gasteiger partial charge in [0.15, 0.2) is 0 Å². The summed E-state index contributed by atoms with van der Waals surface area (Å²) in [4.78, 5) is 24.5. The maximum absolute atomic E-state index is 11.9. The monoisotopic (exact) mass is 266 g/mol. The van der Waals surface area contributed by atoms with Crippen LogP contribution in [0.15, 0.2) is 12.4 Å². The van der Waals surface area contributed by atoms with Crippen LogP contribution in [-0.2, 0) is 18.4 Å². The van der Waals surface area contributed by atoms with E-state index in [2.05, 4.69) is 10.4 Å². The molecule has 1 aromatic rings. The summed E-state index contributed by atoms with van der Waals surface area (Å²) in [6, 6.07) is -0.223. The lowest BCUT2D eigenvalue weighted by Gasteiger charge is -2.16. The summed E-state index contributed by atoms with van der Waals surface area (Å²) < 4.78 is 1.67. The van der Waals surface area contributed by atoms with Gasteiger partial charge in [0.1, 0.15) is 0 Å². The highest BCUT2D eigenvalue weighted by Gasteiger charge is 2.36. The minimum absolute atomic E-state index is 0.0124. The summed E-state index contributed by atoms with van der Waals surface area (Å²) in [6.45, 7) is 3.01. The molecule has 2 amide bonds. The Kier molecular flexibility index (Phi) is 3.73. The predicted molar refractivity (Wildman–Crippen MR) is 67.3 cm³/mol. The van der Waals surface area contributed by atoms with Crippen LogP contribution in [0.5, 0.6) is 0 Å². The smallest absolute Gasteiger partial charge is 0.317 e. The number of likely N-dealkylation sites (tertiary alicyclic amines) is 1. The van der Waals surface area contributed by atoms with Gasteiger partial charge in [0.05, 0.1) is 12.1 Å². The molecule has 2 rings (SSSR count). The van der Waals surface area contributed by atoms with Gasteiger partial charge < -0.3 is 15.3 Å². The number of urea groups is 1. The average Bonchev–Trinajstić information content (AvgIpc) is 2.92. The second-order valence-electron chi connectivity index (χ2n) is 5.01. The van der Waals surface area contributed by atoms with Crippen molar-refractivity contribution in [3.05, 3.63) is 18.0 Å². The zero-order valence-corrected chi connectivity index (χ0v) is 11.0. The molecule has 1 aliphatic rings. The first-order valence-electron chi connectivity index (χ1n) is 6.20. The molecule has 7 nitrogen and oxygen atoms in total. The van der Waals surface area contributed by atoms with Crippen molar-refractivity contribution in [3.8, 4) is 0 Å². The Balaban J connectivity index is 1.86. The number of hydrogen-bond donors (Lipinski definition) is 2. The van der Waals surface area contributed by atoms with Crippen LogP contribution < -0.4 is 5.32 Å². The molecule has 104 valence electrons. The van der Waals surface area contributed by atoms with Crippen LogP contribution in [0.2, 0.25) is 0 Å². The Bertz CT molecular complexity index is 485. The minimum atomic E-state index is -0.838. The van der Waals surface area contributed by atoms with Crippen molar-refractivity contribution in [1.82, 2.24) is 20.0 Å². The fraction of sp³-hybridized carbons (Fsp3) is 0.583. The summed E-state index contributed by atoms with van der Waals surface area (Å²) in [5, 5.41) is 15.8. The van der Waals surface area contributed by atoms with E-state index in [1.54, 1.807) is 15.8 Å². The molecule has 2 N–H and O–H groups in total. The first-order chi connectivity index (χ1) is 8.97. The van der Waals surface area contributed by atoms with Crippen LogP contribution in [0, 0.1) is 11.8 Å². The normalized spacial score (nSPS) is 22.5. The number of nitrogens with one attached hydrogen (secondary N) is 1. The van der Waals surface area contributed by atoms with E-state index in [4.69, 9.17) is 5.11 Å². The summed E-state index contributed by atoms with van der Waals surface area (Å²) in [5.41, 5.74) is 0.915. The van der Waals surface area contributed by atoms with Crippen molar-refractivity contribution in [3.63, 3.8) is 0 Å². The molecule has 2 unspecified atom stereocenters. The molecule has 1 aromatic heterocycles. The Hall–Kier alpha value is -2.05. The summed E-state index contributed by atoms with van der Waals surface area (Å²) in [5.74, 6) is -1.32. The van der Waals surface area contributed by atoms with Crippen LogP contribution >= 0.6 is 0 Å². The Morgan fingerprint density at radius 2 is 2.26 bits per heavy atom. The molecular formula is C12H18N4O3. The second-order valence-corrected chi connectivity index (χ2v) is 5.01. The lowest BCUT2D eigenvalue weighted by Crippen LogP contribution is -2.38. The van der Waals surface area contributed by atoms with Crippen molar-refractivity contribution >= 4 is 12.0 Å². The number of carbonyl (C=O) groups is 2. The number of hydrogen-bond acceptors (Lipinski definition) is 3. The number of aliphatic carboxylic acids is 1. The van der Waals surface area contributed by atoms with Gasteiger partial charge in [0, 0.05) is 38.4 Å². The highest BCUT2D eigenvalue weighted by molar-refractivity contribution is 5.77. The molecule has 0 aliphatic carbocycles. The highest BCUT2D eigenvalue weighted by Crippen LogP contribution is 2.22. The molecule has 2 heterocycles. The van der Waals surface area contributed by atoms with Crippen LogP contribution in [0.25, 0.3) is 0 Å². The summed E-state index contributed by atoms with van der Waals surface area (Å²) >= 11 is 0. The van der Waals surface area contributed by atoms with E-state index in [1.165, 1.54) is 0 Å². The van der Waals surface area contributed by atoms with Crippen LogP contribution in [0.3, 0.4) is 0 Å². The molecule has 0 saturated carbocycles.